The van der Waals surface area contributed by atoms with Gasteiger partial charge in [-0.15, -0.1) is 0 Å². The quantitative estimate of drug-likeness (QED) is 0.206. The minimum atomic E-state index is -4.87. The molecule has 2 aromatic rings. The highest BCUT2D eigenvalue weighted by Gasteiger charge is 2.63. The van der Waals surface area contributed by atoms with Crippen LogP contribution >= 0.6 is 0 Å². The summed E-state index contributed by atoms with van der Waals surface area (Å²) in [5.74, 6) is -4.17. The molecule has 59 heavy (non-hydrogen) atoms. The van der Waals surface area contributed by atoms with Crippen LogP contribution in [0.2, 0.25) is 0 Å². The number of hydrogen-bond acceptors (Lipinski definition) is 11. The lowest BCUT2D eigenvalue weighted by molar-refractivity contribution is -0.257. The summed E-state index contributed by atoms with van der Waals surface area (Å²) in [5.41, 5.74) is -3.73. The fraction of sp³-hybridized carbons (Fsp3) is 0.643. The number of esters is 1. The van der Waals surface area contributed by atoms with Crippen molar-refractivity contribution in [2.75, 3.05) is 20.8 Å². The number of rotatable bonds is 10. The van der Waals surface area contributed by atoms with E-state index in [4.69, 9.17) is 18.9 Å². The molecule has 0 bridgehead atoms. The monoisotopic (exact) mass is 849 g/mol. The largest absolute Gasteiger partial charge is 0.497 e. The fourth-order valence-electron chi connectivity index (χ4n) is 8.31. The van der Waals surface area contributed by atoms with Gasteiger partial charge in [0.1, 0.15) is 17.6 Å². The van der Waals surface area contributed by atoms with Crippen LogP contribution in [0.5, 0.6) is 17.4 Å². The summed E-state index contributed by atoms with van der Waals surface area (Å²) in [6.07, 6.45) is -0.318. The third-order valence-electron chi connectivity index (χ3n) is 12.7. The van der Waals surface area contributed by atoms with Crippen LogP contribution in [0.1, 0.15) is 92.4 Å². The lowest BCUT2D eigenvalue weighted by Gasteiger charge is -2.33. The number of alkyl halides is 3. The smallest absolute Gasteiger partial charge is 0.427 e. The maximum absolute atomic E-state index is 14.9. The van der Waals surface area contributed by atoms with Gasteiger partial charge in [0.15, 0.2) is 5.78 Å². The lowest BCUT2D eigenvalue weighted by Crippen LogP contribution is -2.48. The van der Waals surface area contributed by atoms with Gasteiger partial charge >= 0.3 is 12.1 Å². The molecule has 1 N–H and O–H groups in total. The number of Topliss-reactive ketones (excluding diaryl/α,β-unsaturated/α-hetero) is 1. The normalized spacial score (nSPS) is 29.3. The van der Waals surface area contributed by atoms with E-state index < -0.39 is 91.8 Å². The second-order valence-electron chi connectivity index (χ2n) is 17.6. The van der Waals surface area contributed by atoms with E-state index in [0.717, 1.165) is 13.8 Å². The minimum Gasteiger partial charge on any atom is -0.497 e. The SMILES string of the molecule is COc1ccc2c(O[C@@H]3C[C@H]4C(=O)C[C@]5(C(=O)NS(=O)(=O)C6(C)CC6)C[C@H]5/C=C\CC[C@@H](C)C[C@@H](C)[C@H](CC(=O)OC(C)(C)C(F)(F)F)C(=O)N4C3)cc(OC)nc2c1. The van der Waals surface area contributed by atoms with Crippen molar-refractivity contribution in [3.63, 3.8) is 0 Å². The molecule has 1 aromatic carbocycles. The summed E-state index contributed by atoms with van der Waals surface area (Å²) in [4.78, 5) is 62.7. The van der Waals surface area contributed by atoms with E-state index in [0.29, 0.717) is 54.5 Å². The summed E-state index contributed by atoms with van der Waals surface area (Å²) in [5, 5.41) is 0.582. The number of allylic oxidation sites excluding steroid dienone is 2. The van der Waals surface area contributed by atoms with E-state index in [1.165, 1.54) is 19.1 Å². The Morgan fingerprint density at radius 2 is 1.76 bits per heavy atom. The summed E-state index contributed by atoms with van der Waals surface area (Å²) in [6.45, 7) is 6.62. The van der Waals surface area contributed by atoms with Crippen LogP contribution in [0.3, 0.4) is 0 Å². The molecule has 324 valence electrons. The number of sulfonamides is 1. The van der Waals surface area contributed by atoms with Crippen molar-refractivity contribution in [1.82, 2.24) is 14.6 Å². The molecule has 0 unspecified atom stereocenters. The number of hydrogen-bond donors (Lipinski definition) is 1. The zero-order valence-corrected chi connectivity index (χ0v) is 35.3. The molecule has 1 saturated heterocycles. The number of carbonyl (C=O) groups is 4. The number of nitrogens with zero attached hydrogens (tertiary/aromatic N) is 2. The number of benzene rings is 1. The zero-order valence-electron chi connectivity index (χ0n) is 34.5. The Labute approximate surface area is 342 Å². The van der Waals surface area contributed by atoms with Crippen LogP contribution < -0.4 is 18.9 Å². The number of nitrogens with one attached hydrogen (secondary N) is 1. The van der Waals surface area contributed by atoms with E-state index in [1.807, 2.05) is 19.1 Å². The Kier molecular flexibility index (Phi) is 12.1. The van der Waals surface area contributed by atoms with Crippen LogP contribution in [0.4, 0.5) is 13.2 Å². The van der Waals surface area contributed by atoms with Crippen molar-refractivity contribution < 1.29 is 59.7 Å². The van der Waals surface area contributed by atoms with Gasteiger partial charge in [-0.05, 0) is 89.2 Å². The van der Waals surface area contributed by atoms with Gasteiger partial charge in [-0.25, -0.2) is 13.4 Å². The molecule has 0 spiro atoms. The molecule has 17 heteroatoms. The lowest BCUT2D eigenvalue weighted by atomic mass is 9.82. The summed E-state index contributed by atoms with van der Waals surface area (Å²) >= 11 is 0. The fourth-order valence-corrected chi connectivity index (χ4v) is 9.64. The summed E-state index contributed by atoms with van der Waals surface area (Å²) < 4.78 is 91.3. The Morgan fingerprint density at radius 1 is 1.05 bits per heavy atom. The van der Waals surface area contributed by atoms with E-state index in [1.54, 1.807) is 38.1 Å². The number of fused-ring (bicyclic) bond motifs is 3. The number of pyridine rings is 1. The number of methoxy groups -OCH3 is 2. The highest BCUT2D eigenvalue weighted by molar-refractivity contribution is 7.91. The maximum Gasteiger partial charge on any atom is 0.427 e. The molecule has 4 aliphatic rings. The first-order valence-corrected chi connectivity index (χ1v) is 21.6. The van der Waals surface area contributed by atoms with Gasteiger partial charge in [-0.3, -0.25) is 23.9 Å². The first kappa shape index (κ1) is 44.2. The molecular weight excluding hydrogens is 796 g/mol. The number of ether oxygens (including phenoxy) is 4. The second-order valence-corrected chi connectivity index (χ2v) is 19.8. The van der Waals surface area contributed by atoms with Crippen molar-refractivity contribution in [2.45, 2.75) is 121 Å². The molecule has 2 aliphatic carbocycles. The number of halogens is 3. The molecule has 1 aromatic heterocycles. The summed E-state index contributed by atoms with van der Waals surface area (Å²) in [6, 6.07) is 5.54. The third kappa shape index (κ3) is 9.19. The Bertz CT molecular complexity index is 2120. The van der Waals surface area contributed by atoms with Crippen molar-refractivity contribution in [3.05, 3.63) is 36.4 Å². The highest BCUT2D eigenvalue weighted by Crippen LogP contribution is 2.58. The molecule has 7 atom stereocenters. The van der Waals surface area contributed by atoms with Gasteiger partial charge in [0.25, 0.3) is 0 Å². The third-order valence-corrected chi connectivity index (χ3v) is 14.9. The Hall–Kier alpha value is -4.41. The van der Waals surface area contributed by atoms with Gasteiger partial charge in [0.05, 0.1) is 54.8 Å². The molecule has 3 heterocycles. The maximum atomic E-state index is 14.9. The van der Waals surface area contributed by atoms with E-state index in [9.17, 15) is 40.8 Å². The zero-order chi connectivity index (χ0) is 43.3. The molecule has 3 fully saturated rings. The molecule has 6 rings (SSSR count). The summed E-state index contributed by atoms with van der Waals surface area (Å²) in [7, 11) is -1.09. The first-order chi connectivity index (χ1) is 27.5. The van der Waals surface area contributed by atoms with Crippen LogP contribution in [0.15, 0.2) is 36.4 Å². The van der Waals surface area contributed by atoms with Gasteiger partial charge in [0.2, 0.25) is 33.3 Å². The standard InChI is InChI=1S/C42H54F3N3O10S/c1-24-10-8-9-11-26-21-41(26,38(52)47-59(53,54)40(5)14-15-40)22-33(49)32-18-28(57-34-20-35(56-7)46-31-17-27(55-6)12-13-29(31)34)23-48(32)37(51)30(25(2)16-24)19-36(50)58-39(3,4)42(43,44)45/h9,11-13,17,20,24-26,28,30,32H,8,10,14-16,18-19,21-23H2,1-7H3,(H,47,52)/b11-9-/t24-,25-,26-,28-,30+,32+,41-/m1/s1. The Morgan fingerprint density at radius 3 is 2.41 bits per heavy atom. The number of ketones is 1. The van der Waals surface area contributed by atoms with Crippen molar-refractivity contribution in [1.29, 1.82) is 0 Å². The molecule has 0 radical (unpaired) electrons. The Balaban J connectivity index is 1.37. The van der Waals surface area contributed by atoms with Gasteiger partial charge < -0.3 is 23.8 Å². The number of carbonyl (C=O) groups excluding carboxylic acids is 4. The number of aromatic nitrogens is 1. The van der Waals surface area contributed by atoms with E-state index >= 15 is 0 Å². The average Bonchev–Trinajstić information content (AvgIpc) is 4.04. The number of amides is 2. The van der Waals surface area contributed by atoms with E-state index in [-0.39, 0.29) is 37.6 Å². The van der Waals surface area contributed by atoms with Crippen LogP contribution in [-0.4, -0.2) is 91.3 Å². The van der Waals surface area contributed by atoms with Crippen LogP contribution in [0.25, 0.3) is 10.9 Å². The topological polar surface area (TPSA) is 168 Å². The average molecular weight is 850 g/mol. The van der Waals surface area contributed by atoms with Crippen LogP contribution in [-0.2, 0) is 33.9 Å². The van der Waals surface area contributed by atoms with Crippen molar-refractivity contribution in [3.8, 4) is 17.4 Å². The first-order valence-electron chi connectivity index (χ1n) is 20.1. The molecule has 2 saturated carbocycles. The van der Waals surface area contributed by atoms with Gasteiger partial charge in [0, 0.05) is 30.4 Å². The molecule has 13 nitrogen and oxygen atoms in total. The highest BCUT2D eigenvalue weighted by atomic mass is 32.2. The van der Waals surface area contributed by atoms with Crippen LogP contribution in [0, 0.1) is 29.1 Å². The van der Waals surface area contributed by atoms with Crippen molar-refractivity contribution >= 4 is 44.5 Å². The minimum absolute atomic E-state index is 0.00932. The second kappa shape index (κ2) is 16.2. The van der Waals surface area contributed by atoms with Gasteiger partial charge in [-0.2, -0.15) is 13.2 Å². The molecule has 2 amide bonds. The van der Waals surface area contributed by atoms with Crippen molar-refractivity contribution in [2.24, 2.45) is 29.1 Å². The van der Waals surface area contributed by atoms with Gasteiger partial charge in [-0.1, -0.05) is 26.0 Å². The molecular formula is C42H54F3N3O10S. The predicted octanol–water partition coefficient (Wildman–Crippen LogP) is 6.47. The molecule has 2 aliphatic heterocycles. The predicted molar refractivity (Wildman–Crippen MR) is 210 cm³/mol. The van der Waals surface area contributed by atoms with E-state index in [2.05, 4.69) is 9.71 Å².